The zero-order chi connectivity index (χ0) is 11.3. The average molecular weight is 228 g/mol. The van der Waals surface area contributed by atoms with Gasteiger partial charge < -0.3 is 10.1 Å². The fourth-order valence-electron chi connectivity index (χ4n) is 0.945. The van der Waals surface area contributed by atoms with E-state index in [-0.39, 0.29) is 6.61 Å². The quantitative estimate of drug-likeness (QED) is 0.620. The number of rotatable bonds is 2. The highest BCUT2D eigenvalue weighted by atomic mass is 35.5. The average Bonchev–Trinajstić information content (AvgIpc) is 2.18. The molecule has 0 aromatic heterocycles. The molecule has 0 saturated heterocycles. The third-order valence-corrected chi connectivity index (χ3v) is 1.78. The molecule has 0 radical (unpaired) electrons. The third-order valence-electron chi connectivity index (χ3n) is 1.54. The second kappa shape index (κ2) is 5.36. The lowest BCUT2D eigenvalue weighted by Gasteiger charge is -2.04. The van der Waals surface area contributed by atoms with Crippen LogP contribution in [-0.4, -0.2) is 18.5 Å². The van der Waals surface area contributed by atoms with E-state index in [4.69, 9.17) is 11.6 Å². The lowest BCUT2D eigenvalue weighted by Crippen LogP contribution is -2.24. The van der Waals surface area contributed by atoms with Crippen molar-refractivity contribution < 1.29 is 14.3 Å². The number of ether oxygens (including phenoxy) is 1. The van der Waals surface area contributed by atoms with Gasteiger partial charge in [0.05, 0.1) is 6.61 Å². The van der Waals surface area contributed by atoms with E-state index in [0.29, 0.717) is 10.7 Å². The lowest BCUT2D eigenvalue weighted by atomic mass is 10.3. The Hall–Kier alpha value is -1.55. The number of carbonyl (C=O) groups is 2. The highest BCUT2D eigenvalue weighted by Crippen LogP contribution is 2.14. The van der Waals surface area contributed by atoms with Gasteiger partial charge >= 0.3 is 11.9 Å². The van der Waals surface area contributed by atoms with Crippen LogP contribution in [0.5, 0.6) is 0 Å². The van der Waals surface area contributed by atoms with Gasteiger partial charge in [-0.1, -0.05) is 17.7 Å². The third kappa shape index (κ3) is 3.59. The molecular formula is C10H10ClNO3. The summed E-state index contributed by atoms with van der Waals surface area (Å²) >= 11 is 5.70. The molecule has 5 heteroatoms. The van der Waals surface area contributed by atoms with Crippen molar-refractivity contribution in [2.24, 2.45) is 0 Å². The largest absolute Gasteiger partial charge is 0.459 e. The summed E-state index contributed by atoms with van der Waals surface area (Å²) in [6.45, 7) is 1.80. The molecule has 80 valence electrons. The molecule has 15 heavy (non-hydrogen) atoms. The van der Waals surface area contributed by atoms with Gasteiger partial charge in [0.25, 0.3) is 0 Å². The summed E-state index contributed by atoms with van der Waals surface area (Å²) in [5.41, 5.74) is 0.459. The summed E-state index contributed by atoms with van der Waals surface area (Å²) in [6.07, 6.45) is 0. The highest BCUT2D eigenvalue weighted by Gasteiger charge is 2.14. The van der Waals surface area contributed by atoms with Crippen LogP contribution in [0, 0.1) is 0 Å². The molecule has 0 heterocycles. The first-order valence-corrected chi connectivity index (χ1v) is 4.75. The van der Waals surface area contributed by atoms with Gasteiger partial charge in [0.2, 0.25) is 0 Å². The smallest absolute Gasteiger partial charge is 0.397 e. The van der Waals surface area contributed by atoms with Crippen LogP contribution >= 0.6 is 11.6 Å². The van der Waals surface area contributed by atoms with Crippen molar-refractivity contribution in [2.45, 2.75) is 6.92 Å². The van der Waals surface area contributed by atoms with Crippen molar-refractivity contribution in [2.75, 3.05) is 11.9 Å². The number of benzene rings is 1. The Kier molecular flexibility index (Phi) is 4.12. The molecule has 1 aromatic carbocycles. The summed E-state index contributed by atoms with van der Waals surface area (Å²) in [5.74, 6) is -1.71. The molecule has 0 fully saturated rings. The first kappa shape index (κ1) is 11.5. The minimum Gasteiger partial charge on any atom is -0.459 e. The Morgan fingerprint density at radius 2 is 2.20 bits per heavy atom. The number of nitrogens with one attached hydrogen (secondary N) is 1. The Labute approximate surface area is 92.2 Å². The van der Waals surface area contributed by atoms with Gasteiger partial charge in [-0.3, -0.25) is 4.79 Å². The van der Waals surface area contributed by atoms with Crippen LogP contribution in [0.15, 0.2) is 24.3 Å². The molecule has 0 spiro atoms. The minimum atomic E-state index is -0.905. The zero-order valence-corrected chi connectivity index (χ0v) is 8.88. The minimum absolute atomic E-state index is 0.168. The van der Waals surface area contributed by atoms with Crippen LogP contribution in [0.1, 0.15) is 6.92 Å². The summed E-state index contributed by atoms with van der Waals surface area (Å²) in [4.78, 5) is 22.2. The van der Waals surface area contributed by atoms with Gasteiger partial charge in [-0.15, -0.1) is 0 Å². The first-order valence-electron chi connectivity index (χ1n) is 4.37. The Balaban J connectivity index is 2.62. The maximum atomic E-state index is 11.2. The van der Waals surface area contributed by atoms with Crippen molar-refractivity contribution in [3.8, 4) is 0 Å². The summed E-state index contributed by atoms with van der Waals surface area (Å²) < 4.78 is 4.52. The van der Waals surface area contributed by atoms with E-state index in [0.717, 1.165) is 0 Å². The van der Waals surface area contributed by atoms with Gasteiger partial charge in [0.15, 0.2) is 0 Å². The lowest BCUT2D eigenvalue weighted by molar-refractivity contribution is -0.152. The van der Waals surface area contributed by atoms with Gasteiger partial charge in [-0.25, -0.2) is 4.79 Å². The molecule has 0 aliphatic rings. The van der Waals surface area contributed by atoms with E-state index in [1.165, 1.54) is 0 Å². The van der Waals surface area contributed by atoms with E-state index in [1.54, 1.807) is 31.2 Å². The number of esters is 1. The van der Waals surface area contributed by atoms with Crippen LogP contribution in [0.3, 0.4) is 0 Å². The van der Waals surface area contributed by atoms with E-state index in [1.807, 2.05) is 0 Å². The molecular weight excluding hydrogens is 218 g/mol. The van der Waals surface area contributed by atoms with Crippen LogP contribution < -0.4 is 5.32 Å². The topological polar surface area (TPSA) is 55.4 Å². The molecule has 1 N–H and O–H groups in total. The molecule has 0 saturated carbocycles. The van der Waals surface area contributed by atoms with E-state index >= 15 is 0 Å². The summed E-state index contributed by atoms with van der Waals surface area (Å²) in [7, 11) is 0. The Morgan fingerprint density at radius 3 is 2.80 bits per heavy atom. The molecule has 1 rings (SSSR count). The molecule has 1 aromatic rings. The van der Waals surface area contributed by atoms with Gasteiger partial charge in [0.1, 0.15) is 0 Å². The normalized spacial score (nSPS) is 9.47. The van der Waals surface area contributed by atoms with Crippen molar-refractivity contribution in [3.05, 3.63) is 29.3 Å². The van der Waals surface area contributed by atoms with Crippen LogP contribution in [0.4, 0.5) is 5.69 Å². The highest BCUT2D eigenvalue weighted by molar-refractivity contribution is 6.37. The maximum absolute atomic E-state index is 11.2. The standard InChI is InChI=1S/C10H10ClNO3/c1-2-15-10(14)9(13)12-8-5-3-4-7(11)6-8/h3-6H,2H2,1H3,(H,12,13). The summed E-state index contributed by atoms with van der Waals surface area (Å²) in [6, 6.07) is 6.51. The van der Waals surface area contributed by atoms with E-state index in [2.05, 4.69) is 10.1 Å². The first-order chi connectivity index (χ1) is 7.13. The fraction of sp³-hybridized carbons (Fsp3) is 0.200. The number of carbonyl (C=O) groups excluding carboxylic acids is 2. The summed E-state index contributed by atoms with van der Waals surface area (Å²) in [5, 5.41) is 2.85. The molecule has 0 aliphatic heterocycles. The maximum Gasteiger partial charge on any atom is 0.397 e. The molecule has 1 amide bonds. The molecule has 0 aliphatic carbocycles. The van der Waals surface area contributed by atoms with Crippen molar-refractivity contribution >= 4 is 29.2 Å². The SMILES string of the molecule is CCOC(=O)C(=O)Nc1cccc(Cl)c1. The van der Waals surface area contributed by atoms with Crippen molar-refractivity contribution in [1.82, 2.24) is 0 Å². The predicted molar refractivity (Wildman–Crippen MR) is 56.7 cm³/mol. The molecule has 0 unspecified atom stereocenters. The Morgan fingerprint density at radius 1 is 1.47 bits per heavy atom. The van der Waals surface area contributed by atoms with Crippen LogP contribution in [0.25, 0.3) is 0 Å². The zero-order valence-electron chi connectivity index (χ0n) is 8.12. The second-order valence-corrected chi connectivity index (χ2v) is 3.12. The second-order valence-electron chi connectivity index (χ2n) is 2.68. The van der Waals surface area contributed by atoms with Gasteiger partial charge in [-0.2, -0.15) is 0 Å². The number of hydrogen-bond donors (Lipinski definition) is 1. The van der Waals surface area contributed by atoms with Crippen molar-refractivity contribution in [3.63, 3.8) is 0 Å². The molecule has 4 nitrogen and oxygen atoms in total. The number of amides is 1. The predicted octanol–water partition coefficient (Wildman–Crippen LogP) is 1.84. The number of halogens is 1. The number of hydrogen-bond acceptors (Lipinski definition) is 3. The fourth-order valence-corrected chi connectivity index (χ4v) is 1.14. The monoisotopic (exact) mass is 227 g/mol. The Bertz CT molecular complexity index is 379. The van der Waals surface area contributed by atoms with E-state index < -0.39 is 11.9 Å². The van der Waals surface area contributed by atoms with E-state index in [9.17, 15) is 9.59 Å². The van der Waals surface area contributed by atoms with Crippen molar-refractivity contribution in [1.29, 1.82) is 0 Å². The molecule has 0 atom stereocenters. The van der Waals surface area contributed by atoms with Gasteiger partial charge in [0, 0.05) is 10.7 Å². The number of anilines is 1. The van der Waals surface area contributed by atoms with Crippen LogP contribution in [-0.2, 0) is 14.3 Å². The molecule has 0 bridgehead atoms. The van der Waals surface area contributed by atoms with Gasteiger partial charge in [-0.05, 0) is 25.1 Å². The van der Waals surface area contributed by atoms with Crippen LogP contribution in [0.2, 0.25) is 5.02 Å².